The standard InChI is InChI=1S/C13H12N2O5/c1-8-3-2-4-10(15(18)19)12(8)14-7-9-5-6-11(20-9)13(16)17/h2-6,14H,7H2,1H3,(H,16,17). The van der Waals surface area contributed by atoms with E-state index in [0.717, 1.165) is 5.56 Å². The second-order valence-corrected chi connectivity index (χ2v) is 4.15. The van der Waals surface area contributed by atoms with Crippen molar-refractivity contribution in [2.75, 3.05) is 5.32 Å². The lowest BCUT2D eigenvalue weighted by Crippen LogP contribution is -2.03. The summed E-state index contributed by atoms with van der Waals surface area (Å²) in [5.74, 6) is -0.931. The van der Waals surface area contributed by atoms with Crippen molar-refractivity contribution in [2.45, 2.75) is 13.5 Å². The summed E-state index contributed by atoms with van der Waals surface area (Å²) in [6.07, 6.45) is 0. The SMILES string of the molecule is Cc1cccc([N+](=O)[O-])c1NCc1ccc(C(=O)O)o1. The summed E-state index contributed by atoms with van der Waals surface area (Å²) < 4.78 is 5.08. The van der Waals surface area contributed by atoms with Gasteiger partial charge in [-0.25, -0.2) is 4.79 Å². The van der Waals surface area contributed by atoms with E-state index in [1.165, 1.54) is 18.2 Å². The van der Waals surface area contributed by atoms with Crippen LogP contribution < -0.4 is 5.32 Å². The third kappa shape index (κ3) is 2.77. The molecule has 2 rings (SSSR count). The average molecular weight is 276 g/mol. The normalized spacial score (nSPS) is 10.2. The molecule has 0 saturated carbocycles. The second-order valence-electron chi connectivity index (χ2n) is 4.15. The number of anilines is 1. The number of nitro benzene ring substituents is 1. The molecule has 7 heteroatoms. The molecule has 104 valence electrons. The number of aromatic carboxylic acids is 1. The van der Waals surface area contributed by atoms with Crippen molar-refractivity contribution in [3.05, 3.63) is 57.5 Å². The second kappa shape index (κ2) is 5.43. The van der Waals surface area contributed by atoms with Crippen molar-refractivity contribution in [3.63, 3.8) is 0 Å². The number of carboxylic acids is 1. The van der Waals surface area contributed by atoms with Gasteiger partial charge in [0.15, 0.2) is 0 Å². The minimum atomic E-state index is -1.15. The number of nitrogens with one attached hydrogen (secondary N) is 1. The first-order valence-corrected chi connectivity index (χ1v) is 5.79. The summed E-state index contributed by atoms with van der Waals surface area (Å²) in [6.45, 7) is 1.92. The van der Waals surface area contributed by atoms with Crippen molar-refractivity contribution < 1.29 is 19.2 Å². The van der Waals surface area contributed by atoms with Crippen LogP contribution in [0.4, 0.5) is 11.4 Å². The van der Waals surface area contributed by atoms with E-state index in [2.05, 4.69) is 5.32 Å². The van der Waals surface area contributed by atoms with E-state index >= 15 is 0 Å². The lowest BCUT2D eigenvalue weighted by atomic mass is 10.1. The number of benzene rings is 1. The number of rotatable bonds is 5. The van der Waals surface area contributed by atoms with Crippen LogP contribution in [0.1, 0.15) is 21.9 Å². The Morgan fingerprint density at radius 3 is 2.75 bits per heavy atom. The Bertz CT molecular complexity index is 663. The lowest BCUT2D eigenvalue weighted by Gasteiger charge is -2.08. The molecule has 0 aliphatic carbocycles. The third-order valence-electron chi connectivity index (χ3n) is 2.76. The number of hydrogen-bond donors (Lipinski definition) is 2. The zero-order valence-electron chi connectivity index (χ0n) is 10.6. The van der Waals surface area contributed by atoms with E-state index in [4.69, 9.17) is 9.52 Å². The predicted molar refractivity (Wildman–Crippen MR) is 70.8 cm³/mol. The highest BCUT2D eigenvalue weighted by molar-refractivity contribution is 5.84. The van der Waals surface area contributed by atoms with Gasteiger partial charge in [-0.15, -0.1) is 0 Å². The third-order valence-corrected chi connectivity index (χ3v) is 2.76. The minimum absolute atomic E-state index is 0.0324. The van der Waals surface area contributed by atoms with Crippen LogP contribution in [0.25, 0.3) is 0 Å². The Morgan fingerprint density at radius 2 is 2.15 bits per heavy atom. The molecule has 1 heterocycles. The molecule has 2 N–H and O–H groups in total. The Labute approximate surface area is 114 Å². The van der Waals surface area contributed by atoms with Crippen LogP contribution in [0.3, 0.4) is 0 Å². The molecule has 0 radical (unpaired) electrons. The molecule has 1 aromatic heterocycles. The molecule has 0 spiro atoms. The Kier molecular flexibility index (Phi) is 3.69. The van der Waals surface area contributed by atoms with Crippen LogP contribution in [-0.4, -0.2) is 16.0 Å². The monoisotopic (exact) mass is 276 g/mol. The first-order chi connectivity index (χ1) is 9.49. The number of furan rings is 1. The van der Waals surface area contributed by atoms with E-state index in [-0.39, 0.29) is 18.0 Å². The van der Waals surface area contributed by atoms with Crippen LogP contribution in [0.2, 0.25) is 0 Å². The fourth-order valence-electron chi connectivity index (χ4n) is 1.80. The zero-order chi connectivity index (χ0) is 14.7. The molecule has 20 heavy (non-hydrogen) atoms. The molecule has 0 saturated heterocycles. The molecule has 0 unspecified atom stereocenters. The molecule has 0 fully saturated rings. The van der Waals surface area contributed by atoms with Gasteiger partial charge in [0.2, 0.25) is 5.76 Å². The highest BCUT2D eigenvalue weighted by atomic mass is 16.6. The van der Waals surface area contributed by atoms with Gasteiger partial charge in [0.25, 0.3) is 5.69 Å². The van der Waals surface area contributed by atoms with Gasteiger partial charge >= 0.3 is 5.97 Å². The summed E-state index contributed by atoms with van der Waals surface area (Å²) in [5.41, 5.74) is 1.09. The summed E-state index contributed by atoms with van der Waals surface area (Å²) in [4.78, 5) is 21.2. The molecule has 0 aliphatic heterocycles. The maximum Gasteiger partial charge on any atom is 0.371 e. The minimum Gasteiger partial charge on any atom is -0.475 e. The van der Waals surface area contributed by atoms with Gasteiger partial charge in [-0.2, -0.15) is 0 Å². The quantitative estimate of drug-likeness (QED) is 0.642. The molecule has 0 amide bonds. The van der Waals surface area contributed by atoms with E-state index in [1.54, 1.807) is 19.1 Å². The van der Waals surface area contributed by atoms with Crippen molar-refractivity contribution in [1.82, 2.24) is 0 Å². The first kappa shape index (κ1) is 13.6. The van der Waals surface area contributed by atoms with Crippen LogP contribution in [0.15, 0.2) is 34.7 Å². The van der Waals surface area contributed by atoms with Crippen LogP contribution in [0.5, 0.6) is 0 Å². The lowest BCUT2D eigenvalue weighted by molar-refractivity contribution is -0.384. The number of carbonyl (C=O) groups is 1. The summed E-state index contributed by atoms with van der Waals surface area (Å²) >= 11 is 0. The summed E-state index contributed by atoms with van der Waals surface area (Å²) in [6, 6.07) is 7.61. The van der Waals surface area contributed by atoms with E-state index in [9.17, 15) is 14.9 Å². The smallest absolute Gasteiger partial charge is 0.371 e. The van der Waals surface area contributed by atoms with E-state index in [1.807, 2.05) is 0 Å². The first-order valence-electron chi connectivity index (χ1n) is 5.79. The van der Waals surface area contributed by atoms with E-state index < -0.39 is 10.9 Å². The number of aryl methyl sites for hydroxylation is 1. The van der Waals surface area contributed by atoms with Gasteiger partial charge in [0.05, 0.1) is 11.5 Å². The average Bonchev–Trinajstić information content (AvgIpc) is 2.86. The number of para-hydroxylation sites is 1. The molecule has 0 aliphatic rings. The Balaban J connectivity index is 2.18. The molecule has 1 aromatic carbocycles. The summed E-state index contributed by atoms with van der Waals surface area (Å²) in [7, 11) is 0. The van der Waals surface area contributed by atoms with Gasteiger partial charge in [-0.3, -0.25) is 10.1 Å². The highest BCUT2D eigenvalue weighted by Crippen LogP contribution is 2.28. The maximum atomic E-state index is 10.9. The molecule has 7 nitrogen and oxygen atoms in total. The number of hydrogen-bond acceptors (Lipinski definition) is 5. The topological polar surface area (TPSA) is 106 Å². The van der Waals surface area contributed by atoms with Crippen molar-refractivity contribution in [1.29, 1.82) is 0 Å². The summed E-state index contributed by atoms with van der Waals surface area (Å²) in [5, 5.41) is 22.6. The van der Waals surface area contributed by atoms with Gasteiger partial charge < -0.3 is 14.8 Å². The van der Waals surface area contributed by atoms with Gasteiger partial charge in [-0.1, -0.05) is 12.1 Å². The van der Waals surface area contributed by atoms with Crippen LogP contribution in [-0.2, 0) is 6.54 Å². The van der Waals surface area contributed by atoms with Crippen molar-refractivity contribution in [2.24, 2.45) is 0 Å². The fraction of sp³-hybridized carbons (Fsp3) is 0.154. The molecule has 2 aromatic rings. The largest absolute Gasteiger partial charge is 0.475 e. The van der Waals surface area contributed by atoms with E-state index in [0.29, 0.717) is 11.4 Å². The van der Waals surface area contributed by atoms with Crippen LogP contribution >= 0.6 is 0 Å². The van der Waals surface area contributed by atoms with Gasteiger partial charge in [-0.05, 0) is 24.6 Å². The molecule has 0 bridgehead atoms. The molecular weight excluding hydrogens is 264 g/mol. The van der Waals surface area contributed by atoms with Gasteiger partial charge in [0.1, 0.15) is 11.4 Å². The predicted octanol–water partition coefficient (Wildman–Crippen LogP) is 2.81. The van der Waals surface area contributed by atoms with Crippen LogP contribution in [0, 0.1) is 17.0 Å². The highest BCUT2D eigenvalue weighted by Gasteiger charge is 2.16. The number of nitrogens with zero attached hydrogens (tertiary/aromatic N) is 1. The number of nitro groups is 1. The molecular formula is C13H12N2O5. The van der Waals surface area contributed by atoms with Crippen molar-refractivity contribution >= 4 is 17.3 Å². The Morgan fingerprint density at radius 1 is 1.40 bits per heavy atom. The maximum absolute atomic E-state index is 10.9. The Hall–Kier alpha value is -2.83. The fourth-order valence-corrected chi connectivity index (χ4v) is 1.80. The molecule has 0 atom stereocenters. The van der Waals surface area contributed by atoms with Gasteiger partial charge in [0, 0.05) is 6.07 Å². The zero-order valence-corrected chi connectivity index (χ0v) is 10.6. The van der Waals surface area contributed by atoms with Crippen molar-refractivity contribution in [3.8, 4) is 0 Å². The number of carboxylic acid groups (broad SMARTS) is 1.